The van der Waals surface area contributed by atoms with Crippen molar-refractivity contribution in [3.8, 4) is 0 Å². The summed E-state index contributed by atoms with van der Waals surface area (Å²) in [6, 6.07) is 0.422. The molecule has 2 heterocycles. The number of nitrogens with zero attached hydrogens (tertiary/aromatic N) is 2. The monoisotopic (exact) mass is 272 g/mol. The molecule has 2 aliphatic rings. The van der Waals surface area contributed by atoms with E-state index in [-0.39, 0.29) is 11.5 Å². The van der Waals surface area contributed by atoms with Crippen LogP contribution in [-0.4, -0.2) is 67.4 Å². The topological polar surface area (TPSA) is 15.7 Å². The number of hydrogen-bond acceptors (Lipinski definition) is 3. The van der Waals surface area contributed by atoms with Gasteiger partial charge in [0.25, 0.3) is 0 Å². The number of likely N-dealkylation sites (tertiary alicyclic amines) is 1. The van der Waals surface area contributed by atoms with Gasteiger partial charge in [-0.3, -0.25) is 9.80 Å². The average Bonchev–Trinajstić information content (AvgIpc) is 2.68. The molecule has 0 spiro atoms. The molecule has 2 rings (SSSR count). The molecule has 0 N–H and O–H groups in total. The number of ether oxygens (including phenoxy) is 1. The molecule has 0 aliphatic carbocycles. The molecule has 0 aromatic heterocycles. The van der Waals surface area contributed by atoms with Crippen molar-refractivity contribution in [2.45, 2.75) is 52.4 Å². The Kier molecular flexibility index (Phi) is 4.85. The molecule has 0 saturated carbocycles. The lowest BCUT2D eigenvalue weighted by Gasteiger charge is -2.39. The Morgan fingerprint density at radius 3 is 2.37 bits per heavy atom. The second kappa shape index (κ2) is 6.06. The predicted octanol–water partition coefficient (Wildman–Crippen LogP) is 2.17. The summed E-state index contributed by atoms with van der Waals surface area (Å²) in [5.41, 5.74) is 0.153. The van der Waals surface area contributed by atoms with Gasteiger partial charge in [-0.05, 0) is 18.4 Å². The lowest BCUT2D eigenvalue weighted by atomic mass is 9.85. The van der Waals surface area contributed by atoms with Crippen LogP contribution in [0.5, 0.6) is 0 Å². The Hall–Kier alpha value is -0.190. The van der Waals surface area contributed by atoms with Crippen LogP contribution >= 0.6 is 0 Å². The summed E-state index contributed by atoms with van der Waals surface area (Å²) in [7, 11) is 0. The van der Waals surface area contributed by atoms with Crippen LogP contribution in [-0.2, 0) is 4.74 Å². The first-order chi connectivity index (χ1) is 8.93. The van der Waals surface area contributed by atoms with E-state index in [0.29, 0.717) is 12.5 Å². The molecular weight excluding hydrogens is 243 g/mol. The Balaban J connectivity index is 2.02. The highest BCUT2D eigenvalue weighted by molar-refractivity contribution is 4.99. The van der Waals surface area contributed by atoms with Crippen LogP contribution < -0.4 is 0 Å². The number of halogens is 1. The Labute approximate surface area is 117 Å². The van der Waals surface area contributed by atoms with E-state index < -0.39 is 6.17 Å². The van der Waals surface area contributed by atoms with E-state index in [0.717, 1.165) is 39.4 Å². The predicted molar refractivity (Wildman–Crippen MR) is 76.2 cm³/mol. The number of hydrogen-bond donors (Lipinski definition) is 0. The third-order valence-electron chi connectivity index (χ3n) is 4.61. The van der Waals surface area contributed by atoms with Crippen molar-refractivity contribution in [3.05, 3.63) is 0 Å². The lowest BCUT2D eigenvalue weighted by Crippen LogP contribution is -2.50. The number of rotatable bonds is 3. The van der Waals surface area contributed by atoms with Crippen molar-refractivity contribution in [2.75, 3.05) is 39.4 Å². The van der Waals surface area contributed by atoms with Gasteiger partial charge in [0.15, 0.2) is 0 Å². The van der Waals surface area contributed by atoms with Crippen molar-refractivity contribution >= 4 is 0 Å². The van der Waals surface area contributed by atoms with E-state index in [1.165, 1.54) is 0 Å². The van der Waals surface area contributed by atoms with Crippen LogP contribution in [0.2, 0.25) is 0 Å². The summed E-state index contributed by atoms with van der Waals surface area (Å²) in [5.74, 6) is 0. The zero-order valence-corrected chi connectivity index (χ0v) is 12.9. The molecule has 0 radical (unpaired) electrons. The molecule has 2 fully saturated rings. The molecule has 0 aromatic rings. The minimum atomic E-state index is -0.688. The smallest absolute Gasteiger partial charge is 0.118 e. The molecule has 0 amide bonds. The van der Waals surface area contributed by atoms with Gasteiger partial charge in [-0.1, -0.05) is 27.7 Å². The SMILES string of the molecule is CCN1[C@H](C(C)(C)C)C[C@@H](F)[C@@H]1CN1CCOCC1. The fourth-order valence-corrected chi connectivity index (χ4v) is 3.52. The van der Waals surface area contributed by atoms with Gasteiger partial charge in [-0.25, -0.2) is 4.39 Å². The fourth-order valence-electron chi connectivity index (χ4n) is 3.52. The number of likely N-dealkylation sites (N-methyl/N-ethyl adjacent to an activating group) is 1. The van der Waals surface area contributed by atoms with Gasteiger partial charge in [-0.15, -0.1) is 0 Å². The van der Waals surface area contributed by atoms with Crippen molar-refractivity contribution in [3.63, 3.8) is 0 Å². The first-order valence-corrected chi connectivity index (χ1v) is 7.63. The molecule has 3 nitrogen and oxygen atoms in total. The van der Waals surface area contributed by atoms with E-state index in [1.807, 2.05) is 0 Å². The highest BCUT2D eigenvalue weighted by atomic mass is 19.1. The van der Waals surface area contributed by atoms with Gasteiger partial charge in [0.05, 0.1) is 19.3 Å². The van der Waals surface area contributed by atoms with E-state index in [1.54, 1.807) is 0 Å². The highest BCUT2D eigenvalue weighted by Crippen LogP contribution is 2.37. The van der Waals surface area contributed by atoms with Gasteiger partial charge in [0.2, 0.25) is 0 Å². The van der Waals surface area contributed by atoms with Crippen LogP contribution in [0.1, 0.15) is 34.1 Å². The van der Waals surface area contributed by atoms with Crippen LogP contribution in [0.15, 0.2) is 0 Å². The summed E-state index contributed by atoms with van der Waals surface area (Å²) in [6.45, 7) is 14.1. The summed E-state index contributed by atoms with van der Waals surface area (Å²) in [5, 5.41) is 0. The van der Waals surface area contributed by atoms with Crippen molar-refractivity contribution in [1.29, 1.82) is 0 Å². The molecule has 2 aliphatic heterocycles. The van der Waals surface area contributed by atoms with Crippen LogP contribution in [0.3, 0.4) is 0 Å². The molecule has 3 atom stereocenters. The second-order valence-corrected chi connectivity index (χ2v) is 6.94. The maximum absolute atomic E-state index is 14.5. The zero-order chi connectivity index (χ0) is 14.0. The highest BCUT2D eigenvalue weighted by Gasteiger charge is 2.45. The standard InChI is InChI=1S/C15H29FN2O/c1-5-18-13(11-17-6-8-19-9-7-17)12(16)10-14(18)15(2,3)4/h12-14H,5-11H2,1-4H3/t12-,13+,14+/m1/s1. The first-order valence-electron chi connectivity index (χ1n) is 7.63. The average molecular weight is 272 g/mol. The molecule has 0 aromatic carbocycles. The van der Waals surface area contributed by atoms with Gasteiger partial charge >= 0.3 is 0 Å². The van der Waals surface area contributed by atoms with Crippen molar-refractivity contribution < 1.29 is 9.13 Å². The van der Waals surface area contributed by atoms with E-state index >= 15 is 0 Å². The van der Waals surface area contributed by atoms with Crippen LogP contribution in [0, 0.1) is 5.41 Å². The summed E-state index contributed by atoms with van der Waals surface area (Å²) >= 11 is 0. The summed E-state index contributed by atoms with van der Waals surface area (Å²) in [4.78, 5) is 4.74. The van der Waals surface area contributed by atoms with Crippen molar-refractivity contribution in [1.82, 2.24) is 9.80 Å². The van der Waals surface area contributed by atoms with Gasteiger partial charge in [0.1, 0.15) is 6.17 Å². The summed E-state index contributed by atoms with van der Waals surface area (Å²) in [6.07, 6.45) is -0.00109. The summed E-state index contributed by atoms with van der Waals surface area (Å²) < 4.78 is 19.8. The molecule has 112 valence electrons. The van der Waals surface area contributed by atoms with Gasteiger partial charge < -0.3 is 4.74 Å². The molecule has 0 unspecified atom stereocenters. The Bertz CT molecular complexity index is 286. The van der Waals surface area contributed by atoms with E-state index in [9.17, 15) is 4.39 Å². The quantitative estimate of drug-likeness (QED) is 0.783. The molecule has 19 heavy (non-hydrogen) atoms. The molecular formula is C15H29FN2O. The van der Waals surface area contributed by atoms with Gasteiger partial charge in [0, 0.05) is 25.7 Å². The zero-order valence-electron chi connectivity index (χ0n) is 12.9. The normalized spacial score (nSPS) is 34.9. The van der Waals surface area contributed by atoms with Crippen LogP contribution in [0.25, 0.3) is 0 Å². The van der Waals surface area contributed by atoms with E-state index in [2.05, 4.69) is 37.5 Å². The number of morpholine rings is 1. The minimum absolute atomic E-state index is 0.0623. The second-order valence-electron chi connectivity index (χ2n) is 6.94. The van der Waals surface area contributed by atoms with Crippen molar-refractivity contribution in [2.24, 2.45) is 5.41 Å². The fraction of sp³-hybridized carbons (Fsp3) is 1.00. The molecule has 2 saturated heterocycles. The Morgan fingerprint density at radius 2 is 1.84 bits per heavy atom. The molecule has 4 heteroatoms. The maximum atomic E-state index is 14.5. The van der Waals surface area contributed by atoms with Gasteiger partial charge in [-0.2, -0.15) is 0 Å². The maximum Gasteiger partial charge on any atom is 0.118 e. The third-order valence-corrected chi connectivity index (χ3v) is 4.61. The largest absolute Gasteiger partial charge is 0.379 e. The lowest BCUT2D eigenvalue weighted by molar-refractivity contribution is 0.0144. The minimum Gasteiger partial charge on any atom is -0.379 e. The number of alkyl halides is 1. The Morgan fingerprint density at radius 1 is 1.21 bits per heavy atom. The van der Waals surface area contributed by atoms with Crippen LogP contribution in [0.4, 0.5) is 4.39 Å². The molecule has 0 bridgehead atoms. The first kappa shape index (κ1) is 15.2. The van der Waals surface area contributed by atoms with E-state index in [4.69, 9.17) is 4.74 Å². The third kappa shape index (κ3) is 3.47.